The lowest BCUT2D eigenvalue weighted by atomic mass is 9.80. The summed E-state index contributed by atoms with van der Waals surface area (Å²) in [4.78, 5) is 22.3. The van der Waals surface area contributed by atoms with Gasteiger partial charge in [0.1, 0.15) is 6.61 Å². The van der Waals surface area contributed by atoms with Gasteiger partial charge in [0, 0.05) is 0 Å². The zero-order chi connectivity index (χ0) is 14.4. The van der Waals surface area contributed by atoms with Gasteiger partial charge in [0.25, 0.3) is 0 Å². The summed E-state index contributed by atoms with van der Waals surface area (Å²) in [5, 5.41) is 1.98. The molecule has 0 saturated heterocycles. The molecule has 2 amide bonds. The van der Waals surface area contributed by atoms with Gasteiger partial charge < -0.3 is 9.47 Å². The van der Waals surface area contributed by atoms with E-state index in [2.05, 4.69) is 16.9 Å². The van der Waals surface area contributed by atoms with Gasteiger partial charge >= 0.3 is 12.2 Å². The minimum atomic E-state index is -0.800. The number of rotatable bonds is 4. The number of imide groups is 1. The molecule has 0 radical (unpaired) electrons. The summed E-state index contributed by atoms with van der Waals surface area (Å²) in [7, 11) is 0. The minimum absolute atomic E-state index is 0.135. The topological polar surface area (TPSA) is 64.6 Å². The monoisotopic (exact) mass is 277 g/mol. The Labute approximate surface area is 118 Å². The Bertz CT molecular complexity index is 465. The second-order valence-electron chi connectivity index (χ2n) is 4.79. The van der Waals surface area contributed by atoms with Crippen LogP contribution < -0.4 is 5.32 Å². The quantitative estimate of drug-likeness (QED) is 0.916. The zero-order valence-electron chi connectivity index (χ0n) is 11.6. The molecule has 0 aromatic heterocycles. The molecule has 0 bridgehead atoms. The van der Waals surface area contributed by atoms with E-state index in [4.69, 9.17) is 4.74 Å². The van der Waals surface area contributed by atoms with E-state index in [0.717, 1.165) is 5.56 Å². The first-order chi connectivity index (χ1) is 9.69. The van der Waals surface area contributed by atoms with Crippen molar-refractivity contribution < 1.29 is 19.1 Å². The molecule has 5 heteroatoms. The molecule has 1 aliphatic carbocycles. The van der Waals surface area contributed by atoms with Gasteiger partial charge in [-0.1, -0.05) is 30.7 Å². The number of hydrogen-bond acceptors (Lipinski definition) is 4. The van der Waals surface area contributed by atoms with E-state index in [0.29, 0.717) is 5.92 Å². The smallest absolute Gasteiger partial charge is 0.416 e. The fraction of sp³-hybridized carbons (Fsp3) is 0.467. The molecule has 1 saturated carbocycles. The van der Waals surface area contributed by atoms with Crippen LogP contribution in [-0.4, -0.2) is 18.8 Å². The van der Waals surface area contributed by atoms with Crippen LogP contribution in [0.2, 0.25) is 0 Å². The standard InChI is InChI=1S/C15H19NO4/c1-2-19-14(17)16-15(18)20-10-11-6-8-13(9-7-11)12-4-3-5-12/h6-9,12H,2-5,10H2,1H3,(H,16,17,18). The molecule has 1 fully saturated rings. The first-order valence-electron chi connectivity index (χ1n) is 6.88. The number of hydrogen-bond donors (Lipinski definition) is 1. The number of nitrogens with one attached hydrogen (secondary N) is 1. The Morgan fingerprint density at radius 1 is 1.15 bits per heavy atom. The van der Waals surface area contributed by atoms with E-state index in [9.17, 15) is 9.59 Å². The molecule has 2 rings (SSSR count). The van der Waals surface area contributed by atoms with Crippen LogP contribution in [0.25, 0.3) is 0 Å². The van der Waals surface area contributed by atoms with Gasteiger partial charge in [-0.25, -0.2) is 14.9 Å². The predicted octanol–water partition coefficient (Wildman–Crippen LogP) is 3.34. The third-order valence-corrected chi connectivity index (χ3v) is 3.41. The molecule has 5 nitrogen and oxygen atoms in total. The number of ether oxygens (including phenoxy) is 2. The Kier molecular flexibility index (Phi) is 4.98. The zero-order valence-corrected chi connectivity index (χ0v) is 11.6. The molecule has 1 aromatic carbocycles. The van der Waals surface area contributed by atoms with Gasteiger partial charge in [-0.05, 0) is 36.8 Å². The molecular formula is C15H19NO4. The van der Waals surface area contributed by atoms with Crippen LogP contribution in [-0.2, 0) is 16.1 Å². The Morgan fingerprint density at radius 2 is 1.80 bits per heavy atom. The molecule has 0 heterocycles. The van der Waals surface area contributed by atoms with Crippen LogP contribution in [0.5, 0.6) is 0 Å². The van der Waals surface area contributed by atoms with E-state index >= 15 is 0 Å². The lowest BCUT2D eigenvalue weighted by molar-refractivity contribution is 0.123. The SMILES string of the molecule is CCOC(=O)NC(=O)OCc1ccc(C2CCC2)cc1. The highest BCUT2D eigenvalue weighted by Crippen LogP contribution is 2.36. The second kappa shape index (κ2) is 6.93. The maximum Gasteiger partial charge on any atom is 0.416 e. The lowest BCUT2D eigenvalue weighted by Crippen LogP contribution is -2.31. The van der Waals surface area contributed by atoms with Gasteiger partial charge in [0.2, 0.25) is 0 Å². The van der Waals surface area contributed by atoms with Crippen LogP contribution in [0.15, 0.2) is 24.3 Å². The highest BCUT2D eigenvalue weighted by atomic mass is 16.6. The molecule has 1 aromatic rings. The third kappa shape index (κ3) is 3.98. The Morgan fingerprint density at radius 3 is 2.35 bits per heavy atom. The number of carbonyl (C=O) groups excluding carboxylic acids is 2. The third-order valence-electron chi connectivity index (χ3n) is 3.41. The van der Waals surface area contributed by atoms with Crippen molar-refractivity contribution >= 4 is 12.2 Å². The highest BCUT2D eigenvalue weighted by molar-refractivity contribution is 5.87. The number of carbonyl (C=O) groups is 2. The average Bonchev–Trinajstić information content (AvgIpc) is 2.36. The van der Waals surface area contributed by atoms with Crippen molar-refractivity contribution in [3.8, 4) is 0 Å². The number of amides is 2. The van der Waals surface area contributed by atoms with Crippen LogP contribution >= 0.6 is 0 Å². The van der Waals surface area contributed by atoms with Crippen LogP contribution in [0.1, 0.15) is 43.2 Å². The summed E-state index contributed by atoms with van der Waals surface area (Å²) in [6, 6.07) is 8.05. The number of benzene rings is 1. The maximum absolute atomic E-state index is 11.3. The summed E-state index contributed by atoms with van der Waals surface area (Å²) >= 11 is 0. The first kappa shape index (κ1) is 14.4. The van der Waals surface area contributed by atoms with Crippen molar-refractivity contribution in [2.24, 2.45) is 0 Å². The maximum atomic E-state index is 11.3. The first-order valence-corrected chi connectivity index (χ1v) is 6.88. The van der Waals surface area contributed by atoms with Crippen molar-refractivity contribution in [3.63, 3.8) is 0 Å². The molecule has 20 heavy (non-hydrogen) atoms. The fourth-order valence-corrected chi connectivity index (χ4v) is 2.06. The molecule has 108 valence electrons. The van der Waals surface area contributed by atoms with Crippen LogP contribution in [0, 0.1) is 0 Å². The fourth-order valence-electron chi connectivity index (χ4n) is 2.06. The second-order valence-corrected chi connectivity index (χ2v) is 4.79. The van der Waals surface area contributed by atoms with Crippen molar-refractivity contribution in [2.75, 3.05) is 6.61 Å². The highest BCUT2D eigenvalue weighted by Gasteiger charge is 2.19. The van der Waals surface area contributed by atoms with Crippen LogP contribution in [0.3, 0.4) is 0 Å². The van der Waals surface area contributed by atoms with Gasteiger partial charge in [0.05, 0.1) is 6.61 Å². The van der Waals surface area contributed by atoms with Crippen molar-refractivity contribution in [2.45, 2.75) is 38.7 Å². The molecule has 0 unspecified atom stereocenters. The molecule has 0 atom stereocenters. The summed E-state index contributed by atoms with van der Waals surface area (Å²) in [6.45, 7) is 2.01. The lowest BCUT2D eigenvalue weighted by Gasteiger charge is -2.25. The summed E-state index contributed by atoms with van der Waals surface area (Å²) in [6.07, 6.45) is 2.24. The summed E-state index contributed by atoms with van der Waals surface area (Å²) in [5.74, 6) is 0.692. The molecule has 0 aliphatic heterocycles. The molecule has 1 aliphatic rings. The van der Waals surface area contributed by atoms with E-state index in [-0.39, 0.29) is 13.2 Å². The molecule has 0 spiro atoms. The van der Waals surface area contributed by atoms with E-state index in [1.165, 1.54) is 24.8 Å². The van der Waals surface area contributed by atoms with E-state index in [1.807, 2.05) is 17.4 Å². The summed E-state index contributed by atoms with van der Waals surface area (Å²) in [5.41, 5.74) is 2.24. The molecular weight excluding hydrogens is 258 g/mol. The van der Waals surface area contributed by atoms with Crippen molar-refractivity contribution in [1.29, 1.82) is 0 Å². The van der Waals surface area contributed by atoms with Crippen molar-refractivity contribution in [3.05, 3.63) is 35.4 Å². The predicted molar refractivity (Wildman–Crippen MR) is 73.4 cm³/mol. The van der Waals surface area contributed by atoms with Gasteiger partial charge in [0.15, 0.2) is 0 Å². The normalized spacial score (nSPS) is 14.2. The largest absolute Gasteiger partial charge is 0.449 e. The van der Waals surface area contributed by atoms with E-state index < -0.39 is 12.2 Å². The van der Waals surface area contributed by atoms with Gasteiger partial charge in [-0.2, -0.15) is 0 Å². The van der Waals surface area contributed by atoms with Crippen molar-refractivity contribution in [1.82, 2.24) is 5.32 Å². The van der Waals surface area contributed by atoms with Crippen LogP contribution in [0.4, 0.5) is 9.59 Å². The summed E-state index contributed by atoms with van der Waals surface area (Å²) < 4.78 is 9.51. The molecule has 1 N–H and O–H groups in total. The Balaban J connectivity index is 1.75. The van der Waals surface area contributed by atoms with Gasteiger partial charge in [-0.15, -0.1) is 0 Å². The number of alkyl carbamates (subject to hydrolysis) is 2. The van der Waals surface area contributed by atoms with E-state index in [1.54, 1.807) is 6.92 Å². The average molecular weight is 277 g/mol. The minimum Gasteiger partial charge on any atom is -0.449 e. The Hall–Kier alpha value is -2.04. The van der Waals surface area contributed by atoms with Gasteiger partial charge in [-0.3, -0.25) is 0 Å².